The van der Waals surface area contributed by atoms with Crippen molar-refractivity contribution in [1.82, 2.24) is 20.5 Å². The molecule has 0 spiro atoms. The Hall–Kier alpha value is -0.900. The lowest BCUT2D eigenvalue weighted by Crippen LogP contribution is -2.48. The molecule has 24 heavy (non-hydrogen) atoms. The van der Waals surface area contributed by atoms with Gasteiger partial charge < -0.3 is 15.5 Å². The lowest BCUT2D eigenvalue weighted by molar-refractivity contribution is -0.122. The molecule has 1 heterocycles. The number of carbonyl (C=O) groups excluding carboxylic acids is 1. The zero-order valence-electron chi connectivity index (χ0n) is 15.5. The van der Waals surface area contributed by atoms with Gasteiger partial charge in [-0.25, -0.2) is 4.98 Å². The second kappa shape index (κ2) is 10.9. The summed E-state index contributed by atoms with van der Waals surface area (Å²) in [5.41, 5.74) is -0.226. The monoisotopic (exact) mass is 467 g/mol. The van der Waals surface area contributed by atoms with Crippen LogP contribution in [0.4, 0.5) is 0 Å². The third kappa shape index (κ3) is 9.41. The standard InChI is InChI=1S/C16H29N5OS.HI/c1-7-17-15(18-9-8-14-19-10-12(2)23-14)21(6)11-13(22)20-16(3,4)5;/h10H,7-9,11H2,1-6H3,(H,17,18)(H,20,22);1H. The van der Waals surface area contributed by atoms with E-state index in [2.05, 4.69) is 27.5 Å². The number of guanidine groups is 1. The van der Waals surface area contributed by atoms with Crippen molar-refractivity contribution in [2.75, 3.05) is 26.7 Å². The van der Waals surface area contributed by atoms with Crippen molar-refractivity contribution in [2.24, 2.45) is 4.99 Å². The molecule has 0 radical (unpaired) electrons. The molecule has 138 valence electrons. The Morgan fingerprint density at radius 1 is 1.42 bits per heavy atom. The first kappa shape index (κ1) is 23.1. The minimum absolute atomic E-state index is 0. The highest BCUT2D eigenvalue weighted by atomic mass is 127. The Labute approximate surface area is 166 Å². The number of halogens is 1. The van der Waals surface area contributed by atoms with E-state index < -0.39 is 0 Å². The van der Waals surface area contributed by atoms with Gasteiger partial charge in [-0.2, -0.15) is 0 Å². The Morgan fingerprint density at radius 2 is 2.08 bits per heavy atom. The van der Waals surface area contributed by atoms with Gasteiger partial charge in [-0.1, -0.05) is 0 Å². The highest BCUT2D eigenvalue weighted by Crippen LogP contribution is 2.11. The summed E-state index contributed by atoms with van der Waals surface area (Å²) in [4.78, 5) is 24.0. The molecular formula is C16H30IN5OS. The zero-order chi connectivity index (χ0) is 17.5. The van der Waals surface area contributed by atoms with Crippen molar-refractivity contribution in [3.05, 3.63) is 16.1 Å². The summed E-state index contributed by atoms with van der Waals surface area (Å²) in [6, 6.07) is 0. The van der Waals surface area contributed by atoms with Gasteiger partial charge in [-0.05, 0) is 34.6 Å². The predicted octanol–water partition coefficient (Wildman–Crippen LogP) is 2.42. The summed E-state index contributed by atoms with van der Waals surface area (Å²) < 4.78 is 0. The molecule has 0 atom stereocenters. The van der Waals surface area contributed by atoms with Gasteiger partial charge in [0.1, 0.15) is 0 Å². The lowest BCUT2D eigenvalue weighted by Gasteiger charge is -2.25. The Morgan fingerprint density at radius 3 is 2.58 bits per heavy atom. The predicted molar refractivity (Wildman–Crippen MR) is 112 cm³/mol. The van der Waals surface area contributed by atoms with E-state index in [1.165, 1.54) is 4.88 Å². The molecule has 1 amide bonds. The lowest BCUT2D eigenvalue weighted by atomic mass is 10.1. The second-order valence-electron chi connectivity index (χ2n) is 6.50. The van der Waals surface area contributed by atoms with Crippen LogP contribution in [0.2, 0.25) is 0 Å². The summed E-state index contributed by atoms with van der Waals surface area (Å²) in [6.45, 7) is 11.7. The largest absolute Gasteiger partial charge is 0.357 e. The topological polar surface area (TPSA) is 69.6 Å². The molecule has 1 aromatic rings. The molecule has 0 saturated carbocycles. The first-order valence-corrected chi connectivity index (χ1v) is 8.74. The van der Waals surface area contributed by atoms with E-state index in [1.54, 1.807) is 11.3 Å². The maximum absolute atomic E-state index is 12.0. The van der Waals surface area contributed by atoms with Gasteiger partial charge >= 0.3 is 0 Å². The minimum atomic E-state index is -0.226. The average molecular weight is 467 g/mol. The summed E-state index contributed by atoms with van der Waals surface area (Å²) in [5.74, 6) is 0.728. The van der Waals surface area contributed by atoms with E-state index in [-0.39, 0.29) is 42.0 Å². The van der Waals surface area contributed by atoms with Crippen LogP contribution in [0.1, 0.15) is 37.6 Å². The zero-order valence-corrected chi connectivity index (χ0v) is 18.6. The maximum atomic E-state index is 12.0. The molecular weight excluding hydrogens is 437 g/mol. The molecule has 0 aromatic carbocycles. The van der Waals surface area contributed by atoms with Crippen LogP contribution >= 0.6 is 35.3 Å². The van der Waals surface area contributed by atoms with E-state index in [9.17, 15) is 4.79 Å². The number of carbonyl (C=O) groups is 1. The molecule has 0 fully saturated rings. The molecule has 6 nitrogen and oxygen atoms in total. The van der Waals surface area contributed by atoms with E-state index in [1.807, 2.05) is 45.8 Å². The summed E-state index contributed by atoms with van der Waals surface area (Å²) in [6.07, 6.45) is 2.70. The van der Waals surface area contributed by atoms with E-state index in [4.69, 9.17) is 0 Å². The molecule has 0 unspecified atom stereocenters. The molecule has 0 aliphatic heterocycles. The quantitative estimate of drug-likeness (QED) is 0.383. The number of amides is 1. The van der Waals surface area contributed by atoms with Crippen LogP contribution < -0.4 is 10.6 Å². The fraction of sp³-hybridized carbons (Fsp3) is 0.688. The van der Waals surface area contributed by atoms with Gasteiger partial charge in [0, 0.05) is 43.2 Å². The van der Waals surface area contributed by atoms with Gasteiger partial charge in [0.15, 0.2) is 5.96 Å². The van der Waals surface area contributed by atoms with Crippen LogP contribution in [0.3, 0.4) is 0 Å². The number of nitrogens with one attached hydrogen (secondary N) is 2. The number of rotatable bonds is 6. The SMILES string of the molecule is CCNC(=NCCc1ncc(C)s1)N(C)CC(=O)NC(C)(C)C.I. The number of likely N-dealkylation sites (N-methyl/N-ethyl adjacent to an activating group) is 1. The first-order valence-electron chi connectivity index (χ1n) is 7.93. The second-order valence-corrected chi connectivity index (χ2v) is 7.82. The van der Waals surface area contributed by atoms with Crippen LogP contribution in [-0.2, 0) is 11.2 Å². The third-order valence-corrected chi connectivity index (χ3v) is 3.82. The van der Waals surface area contributed by atoms with Gasteiger partial charge in [-0.15, -0.1) is 35.3 Å². The molecule has 1 rings (SSSR count). The van der Waals surface area contributed by atoms with Gasteiger partial charge in [0.2, 0.25) is 5.91 Å². The van der Waals surface area contributed by atoms with Gasteiger partial charge in [-0.3, -0.25) is 9.79 Å². The normalized spacial score (nSPS) is 11.7. The Kier molecular flexibility index (Phi) is 10.5. The number of aliphatic imine (C=N–C) groups is 1. The molecule has 0 aliphatic carbocycles. The van der Waals surface area contributed by atoms with Crippen molar-refractivity contribution in [2.45, 2.75) is 46.6 Å². The first-order chi connectivity index (χ1) is 10.7. The molecule has 1 aromatic heterocycles. The van der Waals surface area contributed by atoms with Crippen LogP contribution in [0.25, 0.3) is 0 Å². The van der Waals surface area contributed by atoms with E-state index in [0.29, 0.717) is 6.54 Å². The number of thiazole rings is 1. The van der Waals surface area contributed by atoms with Crippen molar-refractivity contribution >= 4 is 47.2 Å². The summed E-state index contributed by atoms with van der Waals surface area (Å²) >= 11 is 1.70. The van der Waals surface area contributed by atoms with Crippen LogP contribution in [-0.4, -0.2) is 54.0 Å². The highest BCUT2D eigenvalue weighted by Gasteiger charge is 2.16. The van der Waals surface area contributed by atoms with Crippen LogP contribution in [0, 0.1) is 6.92 Å². The fourth-order valence-electron chi connectivity index (χ4n) is 1.99. The number of aromatic nitrogens is 1. The van der Waals surface area contributed by atoms with Crippen molar-refractivity contribution in [3.63, 3.8) is 0 Å². The average Bonchev–Trinajstić information content (AvgIpc) is 2.81. The van der Waals surface area contributed by atoms with Crippen molar-refractivity contribution in [1.29, 1.82) is 0 Å². The number of aryl methyl sites for hydroxylation is 1. The van der Waals surface area contributed by atoms with Gasteiger partial charge in [0.25, 0.3) is 0 Å². The number of hydrogen-bond donors (Lipinski definition) is 2. The maximum Gasteiger partial charge on any atom is 0.240 e. The van der Waals surface area contributed by atoms with E-state index >= 15 is 0 Å². The number of nitrogens with zero attached hydrogens (tertiary/aromatic N) is 3. The molecule has 2 N–H and O–H groups in total. The Balaban J connectivity index is 0.00000529. The molecule has 0 aliphatic rings. The van der Waals surface area contributed by atoms with Crippen molar-refractivity contribution < 1.29 is 4.79 Å². The highest BCUT2D eigenvalue weighted by molar-refractivity contribution is 14.0. The van der Waals surface area contributed by atoms with Crippen LogP contribution in [0.15, 0.2) is 11.2 Å². The van der Waals surface area contributed by atoms with Gasteiger partial charge in [0.05, 0.1) is 11.6 Å². The summed E-state index contributed by atoms with van der Waals surface area (Å²) in [5, 5.41) is 7.27. The van der Waals surface area contributed by atoms with E-state index in [0.717, 1.165) is 23.9 Å². The van der Waals surface area contributed by atoms with Crippen molar-refractivity contribution in [3.8, 4) is 0 Å². The smallest absolute Gasteiger partial charge is 0.240 e. The summed E-state index contributed by atoms with van der Waals surface area (Å²) in [7, 11) is 1.87. The molecule has 0 saturated heterocycles. The minimum Gasteiger partial charge on any atom is -0.357 e. The molecule has 8 heteroatoms. The molecule has 0 bridgehead atoms. The Bertz CT molecular complexity index is 539. The van der Waals surface area contributed by atoms with Crippen LogP contribution in [0.5, 0.6) is 0 Å². The fourth-order valence-corrected chi connectivity index (χ4v) is 2.77. The third-order valence-electron chi connectivity index (χ3n) is 2.85. The number of hydrogen-bond acceptors (Lipinski definition) is 4.